The Morgan fingerprint density at radius 3 is 2.48 bits per heavy atom. The van der Waals surface area contributed by atoms with E-state index >= 15 is 0 Å². The zero-order chi connectivity index (χ0) is 15.9. The van der Waals surface area contributed by atoms with Crippen molar-refractivity contribution in [2.75, 3.05) is 6.61 Å². The van der Waals surface area contributed by atoms with Gasteiger partial charge in [-0.25, -0.2) is 4.57 Å². The minimum absolute atomic E-state index is 0.0561. The van der Waals surface area contributed by atoms with Crippen molar-refractivity contribution >= 4 is 7.82 Å². The quantitative estimate of drug-likeness (QED) is 0.529. The summed E-state index contributed by atoms with van der Waals surface area (Å²) < 4.78 is 15.4. The highest BCUT2D eigenvalue weighted by Gasteiger charge is 2.24. The third-order valence-corrected chi connectivity index (χ3v) is 4.30. The van der Waals surface area contributed by atoms with Crippen LogP contribution in [0.5, 0.6) is 0 Å². The van der Waals surface area contributed by atoms with Crippen LogP contribution in [0, 0.1) is 0 Å². The maximum Gasteiger partial charge on any atom is 0.469 e. The molecule has 4 nitrogen and oxygen atoms in total. The van der Waals surface area contributed by atoms with Gasteiger partial charge < -0.3 is 9.79 Å². The number of rotatable bonds is 9. The standard InChI is InChI=1S/C16H27O4P/c1-4-5-6-9-14-10-7-8-11-15(14)16(2,3)12-13-20-21(17,18)19/h7-8,10-11H,4-6,9,12-13H2,1-3H3,(H2,17,18,19). The molecule has 0 saturated heterocycles. The molecule has 0 aliphatic carbocycles. The van der Waals surface area contributed by atoms with Gasteiger partial charge in [-0.2, -0.15) is 0 Å². The summed E-state index contributed by atoms with van der Waals surface area (Å²) in [6.45, 7) is 6.43. The summed E-state index contributed by atoms with van der Waals surface area (Å²) in [5.41, 5.74) is 2.40. The first-order valence-electron chi connectivity index (χ1n) is 7.55. The van der Waals surface area contributed by atoms with Gasteiger partial charge in [-0.15, -0.1) is 0 Å². The Kier molecular flexibility index (Phi) is 7.08. The Hall–Kier alpha value is -0.670. The van der Waals surface area contributed by atoms with Crippen LogP contribution in [0.1, 0.15) is 57.6 Å². The highest BCUT2D eigenvalue weighted by atomic mass is 31.2. The van der Waals surface area contributed by atoms with E-state index in [0.29, 0.717) is 6.42 Å². The molecule has 0 atom stereocenters. The molecule has 2 N–H and O–H groups in total. The van der Waals surface area contributed by atoms with Crippen LogP contribution in [0.25, 0.3) is 0 Å². The number of benzene rings is 1. The van der Waals surface area contributed by atoms with Crippen LogP contribution < -0.4 is 0 Å². The van der Waals surface area contributed by atoms with Crippen molar-refractivity contribution in [2.45, 2.75) is 58.3 Å². The van der Waals surface area contributed by atoms with Crippen molar-refractivity contribution < 1.29 is 18.9 Å². The van der Waals surface area contributed by atoms with Gasteiger partial charge in [-0.1, -0.05) is 57.9 Å². The maximum absolute atomic E-state index is 10.8. The molecule has 0 spiro atoms. The largest absolute Gasteiger partial charge is 0.469 e. The van der Waals surface area contributed by atoms with E-state index in [2.05, 4.69) is 37.4 Å². The van der Waals surface area contributed by atoms with Gasteiger partial charge in [-0.3, -0.25) is 4.52 Å². The van der Waals surface area contributed by atoms with E-state index < -0.39 is 7.82 Å². The molecule has 0 fully saturated rings. The number of hydrogen-bond acceptors (Lipinski definition) is 2. The topological polar surface area (TPSA) is 66.8 Å². The Morgan fingerprint density at radius 2 is 1.86 bits per heavy atom. The molecule has 0 aromatic heterocycles. The summed E-state index contributed by atoms with van der Waals surface area (Å²) in [7, 11) is -4.38. The molecule has 0 radical (unpaired) electrons. The molecule has 0 saturated carbocycles. The van der Waals surface area contributed by atoms with E-state index in [0.717, 1.165) is 6.42 Å². The van der Waals surface area contributed by atoms with Crippen LogP contribution in [0.15, 0.2) is 24.3 Å². The van der Waals surface area contributed by atoms with Crippen molar-refractivity contribution in [3.05, 3.63) is 35.4 Å². The first-order valence-corrected chi connectivity index (χ1v) is 9.08. The molecule has 0 heterocycles. The van der Waals surface area contributed by atoms with Gasteiger partial charge in [0.25, 0.3) is 0 Å². The minimum Gasteiger partial charge on any atom is -0.303 e. The lowest BCUT2D eigenvalue weighted by atomic mass is 9.78. The van der Waals surface area contributed by atoms with Crippen LogP contribution in [-0.4, -0.2) is 16.4 Å². The number of phosphoric acid groups is 1. The Morgan fingerprint density at radius 1 is 1.19 bits per heavy atom. The van der Waals surface area contributed by atoms with E-state index in [1.807, 2.05) is 12.1 Å². The van der Waals surface area contributed by atoms with E-state index in [9.17, 15) is 4.57 Å². The Labute approximate surface area is 127 Å². The van der Waals surface area contributed by atoms with E-state index in [1.54, 1.807) is 0 Å². The third-order valence-electron chi connectivity index (χ3n) is 3.78. The number of aryl methyl sites for hydroxylation is 1. The van der Waals surface area contributed by atoms with Gasteiger partial charge in [0.1, 0.15) is 0 Å². The molecule has 0 aliphatic rings. The average Bonchev–Trinajstić information content (AvgIpc) is 2.37. The van der Waals surface area contributed by atoms with Crippen molar-refractivity contribution in [3.63, 3.8) is 0 Å². The summed E-state index contributed by atoms with van der Waals surface area (Å²) >= 11 is 0. The van der Waals surface area contributed by atoms with Gasteiger partial charge in [0.2, 0.25) is 0 Å². The molecular weight excluding hydrogens is 287 g/mol. The number of unbranched alkanes of at least 4 members (excludes halogenated alkanes) is 2. The normalized spacial score (nSPS) is 12.6. The molecule has 1 aromatic carbocycles. The molecular formula is C16H27O4P. The number of phosphoric ester groups is 1. The van der Waals surface area contributed by atoms with Crippen LogP contribution >= 0.6 is 7.82 Å². The van der Waals surface area contributed by atoms with Gasteiger partial charge in [0, 0.05) is 0 Å². The molecule has 5 heteroatoms. The second-order valence-electron chi connectivity index (χ2n) is 6.07. The monoisotopic (exact) mass is 314 g/mol. The van der Waals surface area contributed by atoms with Crippen LogP contribution in [0.4, 0.5) is 0 Å². The smallest absolute Gasteiger partial charge is 0.303 e. The highest BCUT2D eigenvalue weighted by Crippen LogP contribution is 2.38. The molecule has 0 amide bonds. The van der Waals surface area contributed by atoms with Crippen LogP contribution in [0.3, 0.4) is 0 Å². The third kappa shape index (κ3) is 6.75. The summed E-state index contributed by atoms with van der Waals surface area (Å²) in [5, 5.41) is 0. The fraction of sp³-hybridized carbons (Fsp3) is 0.625. The number of hydrogen-bond donors (Lipinski definition) is 2. The fourth-order valence-electron chi connectivity index (χ4n) is 2.52. The van der Waals surface area contributed by atoms with Gasteiger partial charge >= 0.3 is 7.82 Å². The lowest BCUT2D eigenvalue weighted by Gasteiger charge is -2.28. The van der Waals surface area contributed by atoms with E-state index in [4.69, 9.17) is 9.79 Å². The van der Waals surface area contributed by atoms with Gasteiger partial charge in [-0.05, 0) is 35.8 Å². The molecule has 1 rings (SSSR count). The fourth-order valence-corrected chi connectivity index (χ4v) is 2.85. The van der Waals surface area contributed by atoms with Gasteiger partial charge in [0.05, 0.1) is 6.61 Å². The van der Waals surface area contributed by atoms with Crippen molar-refractivity contribution in [2.24, 2.45) is 0 Å². The van der Waals surface area contributed by atoms with Crippen molar-refractivity contribution in [1.29, 1.82) is 0 Å². The molecule has 21 heavy (non-hydrogen) atoms. The van der Waals surface area contributed by atoms with Crippen molar-refractivity contribution in [1.82, 2.24) is 0 Å². The highest BCUT2D eigenvalue weighted by molar-refractivity contribution is 7.46. The Balaban J connectivity index is 2.74. The molecule has 120 valence electrons. The minimum atomic E-state index is -4.38. The molecule has 0 unspecified atom stereocenters. The predicted octanol–water partition coefficient (Wildman–Crippen LogP) is 4.20. The Bertz CT molecular complexity index is 479. The van der Waals surface area contributed by atoms with Crippen LogP contribution in [-0.2, 0) is 20.9 Å². The summed E-state index contributed by atoms with van der Waals surface area (Å²) in [6.07, 6.45) is 5.20. The van der Waals surface area contributed by atoms with Crippen molar-refractivity contribution in [3.8, 4) is 0 Å². The molecule has 0 aliphatic heterocycles. The summed E-state index contributed by atoms with van der Waals surface area (Å²) in [6, 6.07) is 8.33. The van der Waals surface area contributed by atoms with Crippen LogP contribution in [0.2, 0.25) is 0 Å². The SMILES string of the molecule is CCCCCc1ccccc1C(C)(C)CCOP(=O)(O)O. The predicted molar refractivity (Wildman–Crippen MR) is 85.3 cm³/mol. The lowest BCUT2D eigenvalue weighted by molar-refractivity contribution is 0.182. The molecule has 0 bridgehead atoms. The first kappa shape index (κ1) is 18.4. The summed E-state index contributed by atoms with van der Waals surface area (Å²) in [5.74, 6) is 0. The zero-order valence-corrected chi connectivity index (χ0v) is 14.1. The van der Waals surface area contributed by atoms with Gasteiger partial charge in [0.15, 0.2) is 0 Å². The van der Waals surface area contributed by atoms with E-state index in [-0.39, 0.29) is 12.0 Å². The lowest BCUT2D eigenvalue weighted by Crippen LogP contribution is -2.21. The zero-order valence-electron chi connectivity index (χ0n) is 13.2. The molecule has 1 aromatic rings. The maximum atomic E-state index is 10.8. The van der Waals surface area contributed by atoms with E-state index in [1.165, 1.54) is 30.4 Å². The first-order chi connectivity index (χ1) is 9.76. The average molecular weight is 314 g/mol. The second-order valence-corrected chi connectivity index (χ2v) is 7.31. The summed E-state index contributed by atoms with van der Waals surface area (Å²) in [4.78, 5) is 17.5. The second kappa shape index (κ2) is 8.09.